The zero-order chi connectivity index (χ0) is 8.55. The quantitative estimate of drug-likeness (QED) is 0.581. The molecular formula is C9H8F2O. The van der Waals surface area contributed by atoms with Crippen LogP contribution in [0.3, 0.4) is 0 Å². The Hall–Kier alpha value is -1.12. The third-order valence-electron chi connectivity index (χ3n) is 1.94. The van der Waals surface area contributed by atoms with Crippen molar-refractivity contribution in [3.05, 3.63) is 29.6 Å². The summed E-state index contributed by atoms with van der Waals surface area (Å²) in [6.07, 6.45) is -0.763. The molecule has 0 saturated carbocycles. The molecule has 12 heavy (non-hydrogen) atoms. The first-order chi connectivity index (χ1) is 5.77. The highest BCUT2D eigenvalue weighted by Gasteiger charge is 2.20. The van der Waals surface area contributed by atoms with Gasteiger partial charge in [0.05, 0.1) is 6.61 Å². The van der Waals surface area contributed by atoms with Crippen molar-refractivity contribution in [2.24, 2.45) is 0 Å². The summed E-state index contributed by atoms with van der Waals surface area (Å²) in [6, 6.07) is 3.94. The summed E-state index contributed by atoms with van der Waals surface area (Å²) in [5.41, 5.74) is 0.334. The van der Waals surface area contributed by atoms with Gasteiger partial charge in [-0.1, -0.05) is 0 Å². The van der Waals surface area contributed by atoms with Gasteiger partial charge in [-0.25, -0.2) is 8.78 Å². The summed E-state index contributed by atoms with van der Waals surface area (Å²) in [6.45, 7) is 0.375. The zero-order valence-electron chi connectivity index (χ0n) is 6.39. The SMILES string of the molecule is Fc1ccc2c(c1)C(F)CCO2. The normalized spacial score (nSPS) is 21.3. The summed E-state index contributed by atoms with van der Waals surface area (Å²) < 4.78 is 30.9. The fourth-order valence-electron chi connectivity index (χ4n) is 1.32. The van der Waals surface area contributed by atoms with Crippen molar-refractivity contribution in [3.63, 3.8) is 0 Å². The maximum absolute atomic E-state index is 13.1. The van der Waals surface area contributed by atoms with Gasteiger partial charge in [-0.2, -0.15) is 0 Å². The standard InChI is InChI=1S/C9H8F2O/c10-6-1-2-9-7(5-6)8(11)3-4-12-9/h1-2,5,8H,3-4H2. The molecule has 0 amide bonds. The molecule has 1 aliphatic rings. The smallest absolute Gasteiger partial charge is 0.132 e. The minimum atomic E-state index is -1.08. The van der Waals surface area contributed by atoms with Gasteiger partial charge >= 0.3 is 0 Å². The molecule has 0 aliphatic carbocycles. The van der Waals surface area contributed by atoms with Gasteiger partial charge in [0.15, 0.2) is 0 Å². The second kappa shape index (κ2) is 2.73. The van der Waals surface area contributed by atoms with Crippen LogP contribution in [-0.4, -0.2) is 6.61 Å². The van der Waals surface area contributed by atoms with E-state index in [2.05, 4.69) is 0 Å². The van der Waals surface area contributed by atoms with Crippen LogP contribution in [0.5, 0.6) is 5.75 Å². The Balaban J connectivity index is 2.47. The Morgan fingerprint density at radius 1 is 1.42 bits per heavy atom. The van der Waals surface area contributed by atoms with Crippen molar-refractivity contribution >= 4 is 0 Å². The molecule has 1 heterocycles. The molecule has 1 unspecified atom stereocenters. The lowest BCUT2D eigenvalue weighted by atomic mass is 10.0. The van der Waals surface area contributed by atoms with Crippen LogP contribution in [0.4, 0.5) is 8.78 Å². The second-order valence-electron chi connectivity index (χ2n) is 2.79. The molecule has 0 fully saturated rings. The number of hydrogen-bond acceptors (Lipinski definition) is 1. The third-order valence-corrected chi connectivity index (χ3v) is 1.94. The average molecular weight is 170 g/mol. The molecule has 2 rings (SSSR count). The summed E-state index contributed by atoms with van der Waals surface area (Å²) in [5, 5.41) is 0. The van der Waals surface area contributed by atoms with Crippen molar-refractivity contribution in [1.29, 1.82) is 0 Å². The summed E-state index contributed by atoms with van der Waals surface area (Å²) in [4.78, 5) is 0. The van der Waals surface area contributed by atoms with E-state index < -0.39 is 12.0 Å². The Labute approximate surface area is 69.0 Å². The van der Waals surface area contributed by atoms with Gasteiger partial charge in [0.25, 0.3) is 0 Å². The lowest BCUT2D eigenvalue weighted by molar-refractivity contribution is 0.199. The molecule has 0 radical (unpaired) electrons. The van der Waals surface area contributed by atoms with E-state index in [4.69, 9.17) is 4.74 Å². The maximum Gasteiger partial charge on any atom is 0.132 e. The van der Waals surface area contributed by atoms with Gasteiger partial charge in [0.1, 0.15) is 17.7 Å². The van der Waals surface area contributed by atoms with Crippen LogP contribution in [-0.2, 0) is 0 Å². The highest BCUT2D eigenvalue weighted by molar-refractivity contribution is 5.36. The minimum Gasteiger partial charge on any atom is -0.493 e. The van der Waals surface area contributed by atoms with Crippen LogP contribution in [0.2, 0.25) is 0 Å². The van der Waals surface area contributed by atoms with E-state index >= 15 is 0 Å². The van der Waals surface area contributed by atoms with E-state index in [9.17, 15) is 8.78 Å². The summed E-state index contributed by atoms with van der Waals surface area (Å²) >= 11 is 0. The topological polar surface area (TPSA) is 9.23 Å². The van der Waals surface area contributed by atoms with E-state index in [1.54, 1.807) is 0 Å². The van der Waals surface area contributed by atoms with E-state index in [1.165, 1.54) is 18.2 Å². The fourth-order valence-corrected chi connectivity index (χ4v) is 1.32. The molecule has 64 valence electrons. The van der Waals surface area contributed by atoms with Crippen LogP contribution in [0.25, 0.3) is 0 Å². The molecule has 1 atom stereocenters. The molecule has 0 bridgehead atoms. The summed E-state index contributed by atoms with van der Waals surface area (Å²) in [5.74, 6) is 0.0528. The Morgan fingerprint density at radius 3 is 3.08 bits per heavy atom. The van der Waals surface area contributed by atoms with Gasteiger partial charge in [-0.3, -0.25) is 0 Å². The number of rotatable bonds is 0. The molecule has 1 aliphatic heterocycles. The molecule has 3 heteroatoms. The van der Waals surface area contributed by atoms with Gasteiger partial charge in [-0.15, -0.1) is 0 Å². The molecule has 0 spiro atoms. The first kappa shape index (κ1) is 7.53. The zero-order valence-corrected chi connectivity index (χ0v) is 6.39. The number of ether oxygens (including phenoxy) is 1. The maximum atomic E-state index is 13.1. The van der Waals surface area contributed by atoms with Gasteiger partial charge in [0, 0.05) is 12.0 Å². The van der Waals surface area contributed by atoms with Crippen molar-refractivity contribution in [2.45, 2.75) is 12.6 Å². The van der Waals surface area contributed by atoms with Crippen LogP contribution >= 0.6 is 0 Å². The first-order valence-corrected chi connectivity index (χ1v) is 3.83. The number of halogens is 2. The Kier molecular flexibility index (Phi) is 1.71. The monoisotopic (exact) mass is 170 g/mol. The van der Waals surface area contributed by atoms with E-state index in [0.717, 1.165) is 0 Å². The predicted molar refractivity (Wildman–Crippen MR) is 40.4 cm³/mol. The molecule has 0 N–H and O–H groups in total. The van der Waals surface area contributed by atoms with Crippen molar-refractivity contribution < 1.29 is 13.5 Å². The predicted octanol–water partition coefficient (Wildman–Crippen LogP) is 2.62. The number of alkyl halides is 1. The van der Waals surface area contributed by atoms with Gasteiger partial charge < -0.3 is 4.74 Å². The minimum absolute atomic E-state index is 0.316. The second-order valence-corrected chi connectivity index (χ2v) is 2.79. The molecule has 1 nitrogen and oxygen atoms in total. The third kappa shape index (κ3) is 1.15. The number of benzene rings is 1. The van der Waals surface area contributed by atoms with Crippen LogP contribution in [0.1, 0.15) is 18.2 Å². The first-order valence-electron chi connectivity index (χ1n) is 3.83. The van der Waals surface area contributed by atoms with E-state index in [0.29, 0.717) is 24.3 Å². The van der Waals surface area contributed by atoms with Crippen molar-refractivity contribution in [2.75, 3.05) is 6.61 Å². The lowest BCUT2D eigenvalue weighted by Crippen LogP contribution is -2.11. The van der Waals surface area contributed by atoms with Crippen LogP contribution in [0, 0.1) is 5.82 Å². The van der Waals surface area contributed by atoms with E-state index in [1.807, 2.05) is 0 Å². The largest absolute Gasteiger partial charge is 0.493 e. The number of hydrogen-bond donors (Lipinski definition) is 0. The fraction of sp³-hybridized carbons (Fsp3) is 0.333. The molecule has 1 aromatic carbocycles. The molecule has 0 saturated heterocycles. The van der Waals surface area contributed by atoms with Crippen LogP contribution < -0.4 is 4.74 Å². The molecule has 0 aromatic heterocycles. The summed E-state index contributed by atoms with van der Waals surface area (Å²) in [7, 11) is 0. The molecule has 1 aromatic rings. The van der Waals surface area contributed by atoms with Crippen LogP contribution in [0.15, 0.2) is 18.2 Å². The van der Waals surface area contributed by atoms with Crippen molar-refractivity contribution in [3.8, 4) is 5.75 Å². The van der Waals surface area contributed by atoms with Gasteiger partial charge in [0.2, 0.25) is 0 Å². The Bertz CT molecular complexity index is 299. The highest BCUT2D eigenvalue weighted by Crippen LogP contribution is 2.34. The van der Waals surface area contributed by atoms with Crippen molar-refractivity contribution in [1.82, 2.24) is 0 Å². The number of fused-ring (bicyclic) bond motifs is 1. The highest BCUT2D eigenvalue weighted by atomic mass is 19.1. The average Bonchev–Trinajstić information content (AvgIpc) is 2.07. The Morgan fingerprint density at radius 2 is 2.25 bits per heavy atom. The van der Waals surface area contributed by atoms with Gasteiger partial charge in [-0.05, 0) is 18.2 Å². The lowest BCUT2D eigenvalue weighted by Gasteiger charge is -2.20. The van der Waals surface area contributed by atoms with E-state index in [-0.39, 0.29) is 0 Å². The molecular weight excluding hydrogens is 162 g/mol.